The van der Waals surface area contributed by atoms with Gasteiger partial charge in [-0.2, -0.15) is 0 Å². The molecule has 0 aliphatic carbocycles. The highest BCUT2D eigenvalue weighted by atomic mass is 16.4. The number of benzene rings is 1. The molecule has 0 saturated heterocycles. The molecule has 1 amide bonds. The Kier molecular flexibility index (Phi) is 3.28. The Morgan fingerprint density at radius 1 is 1.47 bits per heavy atom. The summed E-state index contributed by atoms with van der Waals surface area (Å²) in [7, 11) is 0. The molecule has 4 N–H and O–H groups in total. The first kappa shape index (κ1) is 11.0. The van der Waals surface area contributed by atoms with Crippen molar-refractivity contribution >= 4 is 23.3 Å². The maximum atomic E-state index is 11.1. The topological polar surface area (TPSA) is 92.4 Å². The molecule has 15 heavy (non-hydrogen) atoms. The van der Waals surface area contributed by atoms with Gasteiger partial charge in [0.15, 0.2) is 0 Å². The number of hydrogen-bond acceptors (Lipinski definition) is 3. The fourth-order valence-electron chi connectivity index (χ4n) is 1.09. The number of aromatic carboxylic acids is 1. The summed E-state index contributed by atoms with van der Waals surface area (Å²) in [5.41, 5.74) is 6.17. The molecule has 0 atom stereocenters. The monoisotopic (exact) mass is 208 g/mol. The van der Waals surface area contributed by atoms with Crippen molar-refractivity contribution in [1.29, 1.82) is 0 Å². The van der Waals surface area contributed by atoms with Crippen LogP contribution >= 0.6 is 0 Å². The molecule has 1 aromatic carbocycles. The van der Waals surface area contributed by atoms with Gasteiger partial charge in [0.2, 0.25) is 5.91 Å². The summed E-state index contributed by atoms with van der Waals surface area (Å²) in [6.07, 6.45) is 0.286. The van der Waals surface area contributed by atoms with Crippen LogP contribution in [0.5, 0.6) is 0 Å². The quantitative estimate of drug-likeness (QED) is 0.653. The summed E-state index contributed by atoms with van der Waals surface area (Å²) in [5, 5.41) is 11.3. The molecular formula is C10H12N2O3. The van der Waals surface area contributed by atoms with Gasteiger partial charge in [0, 0.05) is 12.1 Å². The van der Waals surface area contributed by atoms with Gasteiger partial charge in [-0.05, 0) is 18.2 Å². The minimum atomic E-state index is -1.10. The van der Waals surface area contributed by atoms with E-state index in [1.165, 1.54) is 18.2 Å². The SMILES string of the molecule is CCC(=O)Nc1cc(N)ccc1C(=O)O. The number of carboxylic acids is 1. The van der Waals surface area contributed by atoms with Gasteiger partial charge in [0.05, 0.1) is 11.3 Å². The molecule has 1 aromatic rings. The zero-order chi connectivity index (χ0) is 11.4. The van der Waals surface area contributed by atoms with Gasteiger partial charge in [-0.1, -0.05) is 6.92 Å². The number of carboxylic acid groups (broad SMARTS) is 1. The van der Waals surface area contributed by atoms with Gasteiger partial charge in [-0.25, -0.2) is 4.79 Å². The Hall–Kier alpha value is -2.04. The summed E-state index contributed by atoms with van der Waals surface area (Å²) < 4.78 is 0. The van der Waals surface area contributed by atoms with Crippen LogP contribution < -0.4 is 11.1 Å². The maximum Gasteiger partial charge on any atom is 0.337 e. The molecular weight excluding hydrogens is 196 g/mol. The van der Waals surface area contributed by atoms with E-state index in [0.717, 1.165) is 0 Å². The fraction of sp³-hybridized carbons (Fsp3) is 0.200. The van der Waals surface area contributed by atoms with Crippen molar-refractivity contribution in [3.05, 3.63) is 23.8 Å². The largest absolute Gasteiger partial charge is 0.478 e. The predicted octanol–water partition coefficient (Wildman–Crippen LogP) is 1.32. The van der Waals surface area contributed by atoms with Crippen LogP contribution in [0, 0.1) is 0 Å². The van der Waals surface area contributed by atoms with E-state index in [2.05, 4.69) is 5.32 Å². The van der Waals surface area contributed by atoms with Crippen molar-refractivity contribution in [2.75, 3.05) is 11.1 Å². The average molecular weight is 208 g/mol. The van der Waals surface area contributed by atoms with Crippen LogP contribution in [0.1, 0.15) is 23.7 Å². The van der Waals surface area contributed by atoms with Gasteiger partial charge in [0.1, 0.15) is 0 Å². The van der Waals surface area contributed by atoms with Crippen LogP contribution in [-0.2, 0) is 4.79 Å². The van der Waals surface area contributed by atoms with Crippen LogP contribution in [-0.4, -0.2) is 17.0 Å². The van der Waals surface area contributed by atoms with Crippen molar-refractivity contribution in [2.45, 2.75) is 13.3 Å². The Morgan fingerprint density at radius 2 is 2.13 bits per heavy atom. The lowest BCUT2D eigenvalue weighted by molar-refractivity contribution is -0.115. The number of nitrogens with one attached hydrogen (secondary N) is 1. The van der Waals surface area contributed by atoms with Gasteiger partial charge >= 0.3 is 5.97 Å². The number of anilines is 2. The van der Waals surface area contributed by atoms with Crippen LogP contribution in [0.4, 0.5) is 11.4 Å². The number of nitrogens with two attached hydrogens (primary N) is 1. The minimum absolute atomic E-state index is 0.0333. The average Bonchev–Trinajstić information content (AvgIpc) is 2.17. The summed E-state index contributed by atoms with van der Waals surface area (Å²) in [6, 6.07) is 4.27. The van der Waals surface area contributed by atoms with Crippen molar-refractivity contribution in [1.82, 2.24) is 0 Å². The highest BCUT2D eigenvalue weighted by Crippen LogP contribution is 2.19. The molecule has 0 aromatic heterocycles. The van der Waals surface area contributed by atoms with Crippen LogP contribution in [0.3, 0.4) is 0 Å². The minimum Gasteiger partial charge on any atom is -0.478 e. The second kappa shape index (κ2) is 4.45. The van der Waals surface area contributed by atoms with Crippen LogP contribution in [0.15, 0.2) is 18.2 Å². The smallest absolute Gasteiger partial charge is 0.337 e. The first-order valence-corrected chi connectivity index (χ1v) is 4.47. The summed E-state index contributed by atoms with van der Waals surface area (Å²) in [5.74, 6) is -1.34. The summed E-state index contributed by atoms with van der Waals surface area (Å²) >= 11 is 0. The van der Waals surface area contributed by atoms with E-state index in [9.17, 15) is 9.59 Å². The van der Waals surface area contributed by atoms with Crippen molar-refractivity contribution in [2.24, 2.45) is 0 Å². The number of carbonyl (C=O) groups excluding carboxylic acids is 1. The molecule has 0 fully saturated rings. The lowest BCUT2D eigenvalue weighted by Crippen LogP contribution is -2.13. The summed E-state index contributed by atoms with van der Waals surface area (Å²) in [4.78, 5) is 21.9. The molecule has 80 valence electrons. The second-order valence-corrected chi connectivity index (χ2v) is 3.01. The molecule has 0 bridgehead atoms. The van der Waals surface area contributed by atoms with Crippen LogP contribution in [0.2, 0.25) is 0 Å². The molecule has 1 rings (SSSR count). The molecule has 5 heteroatoms. The zero-order valence-electron chi connectivity index (χ0n) is 8.28. The molecule has 0 radical (unpaired) electrons. The first-order chi connectivity index (χ1) is 7.04. The Balaban J connectivity index is 3.07. The third-order valence-electron chi connectivity index (χ3n) is 1.87. The molecule has 0 aliphatic heterocycles. The van der Waals surface area contributed by atoms with Gasteiger partial charge in [-0.3, -0.25) is 4.79 Å². The Labute approximate surface area is 86.9 Å². The summed E-state index contributed by atoms with van der Waals surface area (Å²) in [6.45, 7) is 1.68. The van der Waals surface area contributed by atoms with Gasteiger partial charge in [-0.15, -0.1) is 0 Å². The lowest BCUT2D eigenvalue weighted by atomic mass is 10.1. The standard InChI is InChI=1S/C10H12N2O3/c1-2-9(13)12-8-5-6(11)3-4-7(8)10(14)15/h3-5H,2,11H2,1H3,(H,12,13)(H,14,15). The molecule has 0 heterocycles. The van der Waals surface area contributed by atoms with Crippen molar-refractivity contribution < 1.29 is 14.7 Å². The van der Waals surface area contributed by atoms with E-state index in [1.54, 1.807) is 6.92 Å². The van der Waals surface area contributed by atoms with Crippen molar-refractivity contribution in [3.63, 3.8) is 0 Å². The highest BCUT2D eigenvalue weighted by molar-refractivity contribution is 6.01. The van der Waals surface area contributed by atoms with Crippen LogP contribution in [0.25, 0.3) is 0 Å². The Morgan fingerprint density at radius 3 is 2.67 bits per heavy atom. The van der Waals surface area contributed by atoms with Gasteiger partial charge < -0.3 is 16.2 Å². The first-order valence-electron chi connectivity index (χ1n) is 4.47. The fourth-order valence-corrected chi connectivity index (χ4v) is 1.09. The predicted molar refractivity (Wildman–Crippen MR) is 56.7 cm³/mol. The third-order valence-corrected chi connectivity index (χ3v) is 1.87. The van der Waals surface area contributed by atoms with E-state index in [-0.39, 0.29) is 23.6 Å². The van der Waals surface area contributed by atoms with E-state index >= 15 is 0 Å². The zero-order valence-corrected chi connectivity index (χ0v) is 8.28. The Bertz CT molecular complexity index is 402. The molecule has 0 saturated carbocycles. The van der Waals surface area contributed by atoms with E-state index in [4.69, 9.17) is 10.8 Å². The number of carbonyl (C=O) groups is 2. The third kappa shape index (κ3) is 2.70. The second-order valence-electron chi connectivity index (χ2n) is 3.01. The normalized spacial score (nSPS) is 9.67. The molecule has 0 unspecified atom stereocenters. The highest BCUT2D eigenvalue weighted by Gasteiger charge is 2.11. The number of nitrogen functional groups attached to an aromatic ring is 1. The number of hydrogen-bond donors (Lipinski definition) is 3. The van der Waals surface area contributed by atoms with Crippen molar-refractivity contribution in [3.8, 4) is 0 Å². The van der Waals surface area contributed by atoms with E-state index < -0.39 is 5.97 Å². The lowest BCUT2D eigenvalue weighted by Gasteiger charge is -2.08. The van der Waals surface area contributed by atoms with E-state index in [0.29, 0.717) is 5.69 Å². The van der Waals surface area contributed by atoms with E-state index in [1.807, 2.05) is 0 Å². The number of amides is 1. The molecule has 0 spiro atoms. The number of rotatable bonds is 3. The molecule has 5 nitrogen and oxygen atoms in total. The maximum absolute atomic E-state index is 11.1. The molecule has 0 aliphatic rings. The van der Waals surface area contributed by atoms with Gasteiger partial charge in [0.25, 0.3) is 0 Å².